The van der Waals surface area contributed by atoms with Crippen LogP contribution in [0.4, 0.5) is 5.82 Å². The molecule has 0 bridgehead atoms. The van der Waals surface area contributed by atoms with Crippen molar-refractivity contribution in [1.82, 2.24) is 24.6 Å². The highest BCUT2D eigenvalue weighted by Gasteiger charge is 2.23. The summed E-state index contributed by atoms with van der Waals surface area (Å²) < 4.78 is 1.82. The highest BCUT2D eigenvalue weighted by Crippen LogP contribution is 2.29. The van der Waals surface area contributed by atoms with Crippen LogP contribution < -0.4 is 21.7 Å². The molecule has 1 fully saturated rings. The minimum atomic E-state index is -0.277. The van der Waals surface area contributed by atoms with Crippen molar-refractivity contribution < 1.29 is 0 Å². The van der Waals surface area contributed by atoms with Crippen LogP contribution >= 0.6 is 11.8 Å². The van der Waals surface area contributed by atoms with Gasteiger partial charge in [0.25, 0.3) is 0 Å². The molecule has 0 atom stereocenters. The number of aromatic amines is 2. The van der Waals surface area contributed by atoms with Crippen molar-refractivity contribution in [3.63, 3.8) is 0 Å². The van der Waals surface area contributed by atoms with E-state index in [9.17, 15) is 4.79 Å². The first-order valence-electron chi connectivity index (χ1n) is 9.47. The van der Waals surface area contributed by atoms with Gasteiger partial charge in [-0.3, -0.25) is 0 Å². The van der Waals surface area contributed by atoms with Crippen LogP contribution in [0.5, 0.6) is 0 Å². The lowest BCUT2D eigenvalue weighted by molar-refractivity contribution is 0.903. The van der Waals surface area contributed by atoms with E-state index in [4.69, 9.17) is 4.98 Å². The molecule has 8 heteroatoms. The zero-order valence-corrected chi connectivity index (χ0v) is 16.5. The summed E-state index contributed by atoms with van der Waals surface area (Å²) in [5, 5.41) is 10.2. The van der Waals surface area contributed by atoms with Crippen molar-refractivity contribution in [3.05, 3.63) is 74.9 Å². The van der Waals surface area contributed by atoms with Gasteiger partial charge in [-0.05, 0) is 24.5 Å². The molecule has 1 aliphatic carbocycles. The summed E-state index contributed by atoms with van der Waals surface area (Å²) in [7, 11) is 0. The number of aromatic nitrogens is 5. The third-order valence-electron chi connectivity index (χ3n) is 4.77. The van der Waals surface area contributed by atoms with E-state index in [1.807, 2.05) is 28.8 Å². The normalized spacial score (nSPS) is 14.6. The van der Waals surface area contributed by atoms with Crippen LogP contribution in [0.15, 0.2) is 52.4 Å². The highest BCUT2D eigenvalue weighted by molar-refractivity contribution is 7.98. The van der Waals surface area contributed by atoms with Crippen LogP contribution in [-0.4, -0.2) is 30.6 Å². The largest absolute Gasteiger partial charge is 0.367 e. The number of hydrogen-bond acceptors (Lipinski definition) is 5. The first-order chi connectivity index (χ1) is 14.2. The summed E-state index contributed by atoms with van der Waals surface area (Å²) >= 11 is 1.69. The van der Waals surface area contributed by atoms with Gasteiger partial charge in [0.15, 0.2) is 5.65 Å². The fourth-order valence-corrected chi connectivity index (χ4v) is 3.97. The first kappa shape index (κ1) is 17.8. The SMILES string of the molecule is C=c1[nH]c(=O)[nH]/c1=C\c1cnn2c(NC3CC3)cc(SCc3ccccc3)nc12. The summed E-state index contributed by atoms with van der Waals surface area (Å²) in [6.07, 6.45) is 5.96. The van der Waals surface area contributed by atoms with Crippen molar-refractivity contribution in [2.45, 2.75) is 29.7 Å². The highest BCUT2D eigenvalue weighted by atomic mass is 32.2. The number of imidazole rings is 1. The van der Waals surface area contributed by atoms with E-state index in [1.54, 1.807) is 18.0 Å². The van der Waals surface area contributed by atoms with Gasteiger partial charge in [0.1, 0.15) is 10.8 Å². The third kappa shape index (κ3) is 3.84. The summed E-state index contributed by atoms with van der Waals surface area (Å²) in [4.78, 5) is 21.8. The Morgan fingerprint density at radius 1 is 1.28 bits per heavy atom. The van der Waals surface area contributed by atoms with E-state index < -0.39 is 0 Å². The van der Waals surface area contributed by atoms with Crippen LogP contribution in [0.1, 0.15) is 24.0 Å². The molecule has 1 aliphatic rings. The summed E-state index contributed by atoms with van der Waals surface area (Å²) in [5.74, 6) is 1.78. The van der Waals surface area contributed by atoms with Gasteiger partial charge in [-0.1, -0.05) is 36.9 Å². The summed E-state index contributed by atoms with van der Waals surface area (Å²) in [6, 6.07) is 12.9. The van der Waals surface area contributed by atoms with Crippen LogP contribution in [0, 0.1) is 0 Å². The Morgan fingerprint density at radius 2 is 2.10 bits per heavy atom. The van der Waals surface area contributed by atoms with Gasteiger partial charge in [0, 0.05) is 23.4 Å². The molecule has 0 aliphatic heterocycles. The molecule has 29 heavy (non-hydrogen) atoms. The second kappa shape index (κ2) is 7.29. The Morgan fingerprint density at radius 3 is 2.83 bits per heavy atom. The van der Waals surface area contributed by atoms with Gasteiger partial charge >= 0.3 is 5.69 Å². The van der Waals surface area contributed by atoms with E-state index in [2.05, 4.69) is 45.2 Å². The number of benzene rings is 1. The van der Waals surface area contributed by atoms with Crippen LogP contribution in [-0.2, 0) is 5.75 Å². The Kier molecular flexibility index (Phi) is 4.48. The molecule has 0 amide bonds. The maximum Gasteiger partial charge on any atom is 0.323 e. The molecule has 0 saturated heterocycles. The van der Waals surface area contributed by atoms with E-state index in [-0.39, 0.29) is 5.69 Å². The Balaban J connectivity index is 1.56. The molecule has 1 saturated carbocycles. The van der Waals surface area contributed by atoms with Crippen molar-refractivity contribution in [2.24, 2.45) is 0 Å². The minimum Gasteiger partial charge on any atom is -0.367 e. The minimum absolute atomic E-state index is 0.277. The van der Waals surface area contributed by atoms with Crippen molar-refractivity contribution >= 4 is 35.9 Å². The van der Waals surface area contributed by atoms with E-state index in [0.29, 0.717) is 16.7 Å². The number of rotatable bonds is 6. The van der Waals surface area contributed by atoms with Crippen LogP contribution in [0.25, 0.3) is 18.3 Å². The zero-order chi connectivity index (χ0) is 19.8. The molecule has 0 unspecified atom stereocenters. The van der Waals surface area contributed by atoms with Gasteiger partial charge in [-0.2, -0.15) is 9.61 Å². The molecular formula is C21H20N6OS. The van der Waals surface area contributed by atoms with E-state index in [0.717, 1.165) is 27.8 Å². The average molecular weight is 404 g/mol. The first-order valence-corrected chi connectivity index (χ1v) is 10.5. The number of fused-ring (bicyclic) bond motifs is 1. The molecule has 0 radical (unpaired) electrons. The average Bonchev–Trinajstić information content (AvgIpc) is 3.36. The van der Waals surface area contributed by atoms with E-state index >= 15 is 0 Å². The Bertz CT molecular complexity index is 1330. The number of anilines is 1. The number of H-pyrrole nitrogens is 2. The van der Waals surface area contributed by atoms with Crippen LogP contribution in [0.3, 0.4) is 0 Å². The molecule has 5 rings (SSSR count). The predicted octanol–water partition coefficient (Wildman–Crippen LogP) is 1.85. The third-order valence-corrected chi connectivity index (χ3v) is 5.75. The lowest BCUT2D eigenvalue weighted by atomic mass is 10.2. The second-order valence-electron chi connectivity index (χ2n) is 7.12. The maximum atomic E-state index is 11.5. The van der Waals surface area contributed by atoms with Crippen LogP contribution in [0.2, 0.25) is 0 Å². The molecule has 146 valence electrons. The van der Waals surface area contributed by atoms with Gasteiger partial charge < -0.3 is 15.3 Å². The van der Waals surface area contributed by atoms with Gasteiger partial charge in [-0.15, -0.1) is 11.8 Å². The van der Waals surface area contributed by atoms with Crippen molar-refractivity contribution in [1.29, 1.82) is 0 Å². The second-order valence-corrected chi connectivity index (χ2v) is 8.12. The molecule has 3 N–H and O–H groups in total. The molecule has 4 aromatic rings. The van der Waals surface area contributed by atoms with Gasteiger partial charge in [0.2, 0.25) is 0 Å². The standard InChI is InChI=1S/C21H20N6OS/c1-13-17(25-21(28)23-13)9-15-11-22-27-18(24-16-7-8-16)10-19(26-20(15)27)29-12-14-5-3-2-4-6-14/h2-6,9-11,16,24H,1,7-8,12H2,(H2,23,25,28)/b17-9-. The lowest BCUT2D eigenvalue weighted by Gasteiger charge is -2.10. The molecule has 0 spiro atoms. The maximum absolute atomic E-state index is 11.5. The fraction of sp³-hybridized carbons (Fsp3) is 0.190. The Hall–Kier alpha value is -3.26. The molecule has 7 nitrogen and oxygen atoms in total. The number of nitrogens with zero attached hydrogens (tertiary/aromatic N) is 3. The molecule has 3 aromatic heterocycles. The molecular weight excluding hydrogens is 384 g/mol. The van der Waals surface area contributed by atoms with Gasteiger partial charge in [0.05, 0.1) is 16.9 Å². The van der Waals surface area contributed by atoms with Gasteiger partial charge in [-0.25, -0.2) is 9.78 Å². The van der Waals surface area contributed by atoms with Crippen molar-refractivity contribution in [3.8, 4) is 0 Å². The van der Waals surface area contributed by atoms with E-state index in [1.165, 1.54) is 18.4 Å². The summed E-state index contributed by atoms with van der Waals surface area (Å²) in [5.41, 5.74) is 2.54. The topological polar surface area (TPSA) is 90.9 Å². The quantitative estimate of drug-likeness (QED) is 0.337. The Labute approximate surface area is 170 Å². The number of thioether (sulfide) groups is 1. The fourth-order valence-electron chi connectivity index (χ4n) is 3.12. The summed E-state index contributed by atoms with van der Waals surface area (Å²) in [6.45, 7) is 3.87. The zero-order valence-electron chi connectivity index (χ0n) is 15.7. The number of hydrogen-bond donors (Lipinski definition) is 3. The number of nitrogens with one attached hydrogen (secondary N) is 3. The lowest BCUT2D eigenvalue weighted by Crippen LogP contribution is -2.22. The smallest absolute Gasteiger partial charge is 0.323 e. The monoisotopic (exact) mass is 404 g/mol. The molecule has 3 heterocycles. The molecule has 1 aromatic carbocycles. The predicted molar refractivity (Wildman–Crippen MR) is 115 cm³/mol. The van der Waals surface area contributed by atoms with Crippen molar-refractivity contribution in [2.75, 3.05) is 5.32 Å².